The molecule has 230 valence electrons. The van der Waals surface area contributed by atoms with Gasteiger partial charge in [0.05, 0.1) is 5.60 Å². The van der Waals surface area contributed by atoms with Gasteiger partial charge in [0, 0.05) is 48.6 Å². The van der Waals surface area contributed by atoms with Crippen molar-refractivity contribution in [1.29, 1.82) is 0 Å². The van der Waals surface area contributed by atoms with Crippen LogP contribution < -0.4 is 20.1 Å². The lowest BCUT2D eigenvalue weighted by atomic mass is 9.81. The molecule has 1 fully saturated rings. The summed E-state index contributed by atoms with van der Waals surface area (Å²) in [5.74, 6) is 1.61. The molecule has 0 aliphatic carbocycles. The number of anilines is 1. The predicted molar refractivity (Wildman–Crippen MR) is 165 cm³/mol. The minimum atomic E-state index is -0.748. The molecule has 3 aromatic rings. The van der Waals surface area contributed by atoms with Crippen LogP contribution in [0.3, 0.4) is 0 Å². The Morgan fingerprint density at radius 2 is 1.42 bits per heavy atom. The van der Waals surface area contributed by atoms with E-state index < -0.39 is 5.60 Å². The van der Waals surface area contributed by atoms with E-state index in [1.165, 1.54) is 24.3 Å². The number of urea groups is 1. The summed E-state index contributed by atoms with van der Waals surface area (Å²) in [6.07, 6.45) is 3.87. The predicted octanol–water partition coefficient (Wildman–Crippen LogP) is 7.73. The van der Waals surface area contributed by atoms with Crippen molar-refractivity contribution in [3.63, 3.8) is 0 Å². The third-order valence-corrected chi connectivity index (χ3v) is 7.76. The highest BCUT2D eigenvalue weighted by atomic mass is 19.1. The fourth-order valence-electron chi connectivity index (χ4n) is 5.20. The smallest absolute Gasteiger partial charge is 0.321 e. The van der Waals surface area contributed by atoms with Gasteiger partial charge >= 0.3 is 6.03 Å². The van der Waals surface area contributed by atoms with Crippen LogP contribution in [0.15, 0.2) is 66.7 Å². The van der Waals surface area contributed by atoms with E-state index in [0.29, 0.717) is 66.1 Å². The molecule has 3 N–H and O–H groups in total. The van der Waals surface area contributed by atoms with Gasteiger partial charge in [-0.1, -0.05) is 26.7 Å². The maximum atomic E-state index is 13.4. The second kappa shape index (κ2) is 14.4. The van der Waals surface area contributed by atoms with Gasteiger partial charge in [0.25, 0.3) is 5.91 Å². The molecular formula is C34H42FN3O5. The molecule has 0 radical (unpaired) electrons. The first-order valence-corrected chi connectivity index (χ1v) is 15.0. The first-order valence-electron chi connectivity index (χ1n) is 15.0. The van der Waals surface area contributed by atoms with Crippen molar-refractivity contribution in [1.82, 2.24) is 10.2 Å². The molecule has 0 atom stereocenters. The Morgan fingerprint density at radius 1 is 0.884 bits per heavy atom. The van der Waals surface area contributed by atoms with E-state index in [-0.39, 0.29) is 23.8 Å². The molecule has 1 heterocycles. The number of hydrogen-bond donors (Lipinski definition) is 3. The fourth-order valence-corrected chi connectivity index (χ4v) is 5.20. The number of hydrogen-bond acceptors (Lipinski definition) is 5. The molecule has 0 unspecified atom stereocenters. The van der Waals surface area contributed by atoms with E-state index in [4.69, 9.17) is 9.47 Å². The summed E-state index contributed by atoms with van der Waals surface area (Å²) in [5, 5.41) is 16.9. The molecule has 9 heteroatoms. The van der Waals surface area contributed by atoms with Crippen LogP contribution in [0.25, 0.3) is 0 Å². The Morgan fingerprint density at radius 3 is 1.93 bits per heavy atom. The van der Waals surface area contributed by atoms with Crippen molar-refractivity contribution in [3.8, 4) is 23.0 Å². The lowest BCUT2D eigenvalue weighted by Crippen LogP contribution is -2.48. The summed E-state index contributed by atoms with van der Waals surface area (Å²) in [5.41, 5.74) is 0.212. The van der Waals surface area contributed by atoms with Gasteiger partial charge in [-0.2, -0.15) is 0 Å². The summed E-state index contributed by atoms with van der Waals surface area (Å²) in [4.78, 5) is 27.2. The lowest BCUT2D eigenvalue weighted by Gasteiger charge is -2.39. The van der Waals surface area contributed by atoms with E-state index in [1.54, 1.807) is 47.4 Å². The zero-order valence-corrected chi connectivity index (χ0v) is 25.4. The van der Waals surface area contributed by atoms with Crippen LogP contribution >= 0.6 is 0 Å². The Bertz CT molecular complexity index is 1370. The zero-order chi connectivity index (χ0) is 31.0. The van der Waals surface area contributed by atoms with Gasteiger partial charge in [-0.05, 0) is 87.6 Å². The molecule has 1 saturated heterocycles. The van der Waals surface area contributed by atoms with Crippen LogP contribution in [0.5, 0.6) is 23.0 Å². The van der Waals surface area contributed by atoms with Gasteiger partial charge < -0.3 is 30.1 Å². The molecular weight excluding hydrogens is 549 g/mol. The Kier molecular flexibility index (Phi) is 10.6. The van der Waals surface area contributed by atoms with Gasteiger partial charge in [-0.15, -0.1) is 0 Å². The van der Waals surface area contributed by atoms with Crippen molar-refractivity contribution in [2.75, 3.05) is 18.4 Å². The van der Waals surface area contributed by atoms with Crippen molar-refractivity contribution in [2.24, 2.45) is 5.92 Å². The number of amides is 3. The topological polar surface area (TPSA) is 100 Å². The standard InChI is InChI=1S/C34H42FN3O5/c1-5-24(6-2)22-34(41)15-17-38(18-16-34)33(40)37-27-19-30(21-31(20-27)43-29-13-9-26(35)10-14-29)42-28-11-7-25(8-12-28)32(39)36-23(3)4/h7-14,19-21,23-24,41H,5-6,15-18,22H2,1-4H3,(H,36,39)(H,37,40). The van der Waals surface area contributed by atoms with Crippen molar-refractivity contribution < 1.29 is 28.6 Å². The monoisotopic (exact) mass is 591 g/mol. The number of carbonyl (C=O) groups excluding carboxylic acids is 2. The first-order chi connectivity index (χ1) is 20.6. The van der Waals surface area contributed by atoms with E-state index in [0.717, 1.165) is 19.3 Å². The van der Waals surface area contributed by atoms with Gasteiger partial charge in [0.1, 0.15) is 28.8 Å². The van der Waals surface area contributed by atoms with Crippen LogP contribution in [-0.4, -0.2) is 46.7 Å². The number of piperidine rings is 1. The number of rotatable bonds is 11. The average molecular weight is 592 g/mol. The number of ether oxygens (including phenoxy) is 2. The Hall–Kier alpha value is -4.11. The molecule has 0 saturated carbocycles. The molecule has 1 aliphatic rings. The average Bonchev–Trinajstić information content (AvgIpc) is 2.97. The summed E-state index contributed by atoms with van der Waals surface area (Å²) in [6.45, 7) is 8.99. The van der Waals surface area contributed by atoms with E-state index in [9.17, 15) is 19.1 Å². The zero-order valence-electron chi connectivity index (χ0n) is 25.4. The molecule has 43 heavy (non-hydrogen) atoms. The van der Waals surface area contributed by atoms with Crippen molar-refractivity contribution >= 4 is 17.6 Å². The number of carbonyl (C=O) groups is 2. The SMILES string of the molecule is CCC(CC)CC1(O)CCN(C(=O)Nc2cc(Oc3ccc(F)cc3)cc(Oc3ccc(C(=O)NC(C)C)cc3)c2)CC1. The quantitative estimate of drug-likeness (QED) is 0.212. The number of aliphatic hydroxyl groups is 1. The molecule has 3 amide bonds. The van der Waals surface area contributed by atoms with Crippen LogP contribution in [0, 0.1) is 11.7 Å². The van der Waals surface area contributed by atoms with Crippen LogP contribution in [-0.2, 0) is 0 Å². The number of halogens is 1. The van der Waals surface area contributed by atoms with E-state index >= 15 is 0 Å². The van der Waals surface area contributed by atoms with Crippen LogP contribution in [0.4, 0.5) is 14.9 Å². The Balaban J connectivity index is 1.49. The summed E-state index contributed by atoms with van der Waals surface area (Å²) < 4.78 is 25.5. The number of nitrogens with zero attached hydrogens (tertiary/aromatic N) is 1. The van der Waals surface area contributed by atoms with Crippen molar-refractivity contribution in [2.45, 2.75) is 71.4 Å². The largest absolute Gasteiger partial charge is 0.457 e. The van der Waals surface area contributed by atoms with Crippen LogP contribution in [0.1, 0.15) is 70.2 Å². The molecule has 0 bridgehead atoms. The highest BCUT2D eigenvalue weighted by molar-refractivity contribution is 5.94. The maximum Gasteiger partial charge on any atom is 0.321 e. The second-order valence-corrected chi connectivity index (χ2v) is 11.5. The maximum absolute atomic E-state index is 13.4. The molecule has 3 aromatic carbocycles. The summed E-state index contributed by atoms with van der Waals surface area (Å²) in [6, 6.07) is 17.1. The van der Waals surface area contributed by atoms with Gasteiger partial charge in [0.15, 0.2) is 0 Å². The minimum Gasteiger partial charge on any atom is -0.457 e. The van der Waals surface area contributed by atoms with Crippen LogP contribution in [0.2, 0.25) is 0 Å². The number of benzene rings is 3. The van der Waals surface area contributed by atoms with Crippen molar-refractivity contribution in [3.05, 3.63) is 78.1 Å². The second-order valence-electron chi connectivity index (χ2n) is 11.5. The van der Waals surface area contributed by atoms with Gasteiger partial charge in [-0.25, -0.2) is 9.18 Å². The molecule has 1 aliphatic heterocycles. The number of nitrogens with one attached hydrogen (secondary N) is 2. The molecule has 0 aromatic heterocycles. The molecule has 4 rings (SSSR count). The van der Waals surface area contributed by atoms with E-state index in [1.807, 2.05) is 13.8 Å². The molecule has 0 spiro atoms. The summed E-state index contributed by atoms with van der Waals surface area (Å²) in [7, 11) is 0. The third-order valence-electron chi connectivity index (χ3n) is 7.76. The first kappa shape index (κ1) is 31.8. The summed E-state index contributed by atoms with van der Waals surface area (Å²) >= 11 is 0. The lowest BCUT2D eigenvalue weighted by molar-refractivity contribution is -0.0309. The number of likely N-dealkylation sites (tertiary alicyclic amines) is 1. The van der Waals surface area contributed by atoms with E-state index in [2.05, 4.69) is 24.5 Å². The fraction of sp³-hybridized carbons (Fsp3) is 0.412. The Labute approximate surface area is 253 Å². The minimum absolute atomic E-state index is 0.0199. The van der Waals surface area contributed by atoms with Gasteiger partial charge in [0.2, 0.25) is 0 Å². The van der Waals surface area contributed by atoms with Gasteiger partial charge in [-0.3, -0.25) is 4.79 Å². The molecule has 8 nitrogen and oxygen atoms in total. The third kappa shape index (κ3) is 9.19. The highest BCUT2D eigenvalue weighted by Crippen LogP contribution is 2.34. The highest BCUT2D eigenvalue weighted by Gasteiger charge is 2.35. The normalized spacial score (nSPS) is 14.5.